The highest BCUT2D eigenvalue weighted by molar-refractivity contribution is 7.99. The van der Waals surface area contributed by atoms with Crippen molar-refractivity contribution >= 4 is 29.3 Å². The van der Waals surface area contributed by atoms with Gasteiger partial charge >= 0.3 is 0 Å². The molecule has 0 aliphatic carbocycles. The Hall–Kier alpha value is -3.53. The van der Waals surface area contributed by atoms with E-state index in [9.17, 15) is 9.59 Å². The molecule has 32 heavy (non-hydrogen) atoms. The lowest BCUT2D eigenvalue weighted by molar-refractivity contribution is -0.113. The molecule has 1 aliphatic rings. The van der Waals surface area contributed by atoms with Gasteiger partial charge in [-0.2, -0.15) is 0 Å². The van der Waals surface area contributed by atoms with Gasteiger partial charge in [0.25, 0.3) is 5.91 Å². The smallest absolute Gasteiger partial charge is 0.251 e. The number of benzene rings is 2. The van der Waals surface area contributed by atoms with Crippen LogP contribution in [0.5, 0.6) is 11.5 Å². The Balaban J connectivity index is 1.30. The van der Waals surface area contributed by atoms with Crippen molar-refractivity contribution in [1.82, 2.24) is 20.1 Å². The Labute approximate surface area is 189 Å². The molecule has 0 fully saturated rings. The molecule has 1 atom stereocenters. The van der Waals surface area contributed by atoms with Crippen LogP contribution < -0.4 is 20.1 Å². The van der Waals surface area contributed by atoms with Gasteiger partial charge in [0.15, 0.2) is 16.7 Å². The lowest BCUT2D eigenvalue weighted by Gasteiger charge is -2.21. The van der Waals surface area contributed by atoms with E-state index in [1.807, 2.05) is 32.2 Å². The normalized spacial score (nSPS) is 13.3. The van der Waals surface area contributed by atoms with Crippen molar-refractivity contribution in [3.63, 3.8) is 0 Å². The largest absolute Gasteiger partial charge is 0.486 e. The molecule has 9 nitrogen and oxygen atoms in total. The standard InChI is InChI=1S/C22H23N5O4S/c1-14(16-5-8-18-19(11-16)31-10-9-30-18)24-21(29)15-3-6-17(7-4-15)25-20(28)12-32-22-26-23-13-27(22)2/h3-8,11,13-14H,9-10,12H2,1-2H3,(H,24,29)(H,25,28)/t14-/m0/s1. The number of hydrogen-bond donors (Lipinski definition) is 2. The van der Waals surface area contributed by atoms with Gasteiger partial charge in [-0.15, -0.1) is 10.2 Å². The van der Waals surface area contributed by atoms with Crippen LogP contribution in [-0.2, 0) is 11.8 Å². The fourth-order valence-electron chi connectivity index (χ4n) is 3.13. The van der Waals surface area contributed by atoms with Gasteiger partial charge in [0.05, 0.1) is 11.8 Å². The SMILES string of the molecule is C[C@H](NC(=O)c1ccc(NC(=O)CSc2nncn2C)cc1)c1ccc2c(c1)OCCO2. The van der Waals surface area contributed by atoms with Crippen LogP contribution in [0, 0.1) is 0 Å². The average Bonchev–Trinajstić information content (AvgIpc) is 3.22. The molecule has 0 unspecified atom stereocenters. The van der Waals surface area contributed by atoms with Crippen molar-refractivity contribution in [2.75, 3.05) is 24.3 Å². The van der Waals surface area contributed by atoms with E-state index in [1.165, 1.54) is 11.8 Å². The number of anilines is 1. The lowest BCUT2D eigenvalue weighted by Crippen LogP contribution is -2.27. The fourth-order valence-corrected chi connectivity index (χ4v) is 3.82. The predicted molar refractivity (Wildman–Crippen MR) is 120 cm³/mol. The first-order valence-corrected chi connectivity index (χ1v) is 11.1. The van der Waals surface area contributed by atoms with E-state index in [2.05, 4.69) is 20.8 Å². The van der Waals surface area contributed by atoms with E-state index >= 15 is 0 Å². The summed E-state index contributed by atoms with van der Waals surface area (Å²) >= 11 is 1.30. The van der Waals surface area contributed by atoms with Crippen molar-refractivity contribution in [2.24, 2.45) is 7.05 Å². The second kappa shape index (κ2) is 9.73. The van der Waals surface area contributed by atoms with Gasteiger partial charge in [-0.05, 0) is 48.9 Å². The van der Waals surface area contributed by atoms with E-state index in [0.717, 1.165) is 5.56 Å². The number of carbonyl (C=O) groups excluding carboxylic acids is 2. The van der Waals surface area contributed by atoms with Crippen LogP contribution in [-0.4, -0.2) is 45.5 Å². The molecule has 2 amide bonds. The zero-order chi connectivity index (χ0) is 22.5. The Kier molecular flexibility index (Phi) is 6.60. The maximum atomic E-state index is 12.6. The number of ether oxygens (including phenoxy) is 2. The monoisotopic (exact) mass is 453 g/mol. The van der Waals surface area contributed by atoms with E-state index in [0.29, 0.717) is 41.1 Å². The second-order valence-electron chi connectivity index (χ2n) is 7.24. The maximum absolute atomic E-state index is 12.6. The first kappa shape index (κ1) is 21.7. The van der Waals surface area contributed by atoms with Crippen LogP contribution in [0.2, 0.25) is 0 Å². The molecule has 10 heteroatoms. The van der Waals surface area contributed by atoms with Crippen molar-refractivity contribution in [2.45, 2.75) is 18.1 Å². The van der Waals surface area contributed by atoms with Crippen LogP contribution in [0.1, 0.15) is 28.9 Å². The maximum Gasteiger partial charge on any atom is 0.251 e. The number of nitrogens with one attached hydrogen (secondary N) is 2. The lowest BCUT2D eigenvalue weighted by atomic mass is 10.1. The highest BCUT2D eigenvalue weighted by atomic mass is 32.2. The minimum atomic E-state index is -0.213. The first-order valence-electron chi connectivity index (χ1n) is 10.1. The van der Waals surface area contributed by atoms with Crippen LogP contribution in [0.25, 0.3) is 0 Å². The fraction of sp³-hybridized carbons (Fsp3) is 0.273. The van der Waals surface area contributed by atoms with Crippen molar-refractivity contribution in [1.29, 1.82) is 0 Å². The van der Waals surface area contributed by atoms with Gasteiger partial charge < -0.3 is 24.7 Å². The number of hydrogen-bond acceptors (Lipinski definition) is 7. The Morgan fingerprint density at radius 3 is 2.59 bits per heavy atom. The Bertz CT molecular complexity index is 1120. The molecule has 0 bridgehead atoms. The van der Waals surface area contributed by atoms with Crippen LogP contribution >= 0.6 is 11.8 Å². The molecule has 0 spiro atoms. The Morgan fingerprint density at radius 2 is 1.88 bits per heavy atom. The van der Waals surface area contributed by atoms with Crippen molar-refractivity contribution < 1.29 is 19.1 Å². The number of aryl methyl sites for hydroxylation is 1. The third-order valence-corrected chi connectivity index (χ3v) is 5.88. The zero-order valence-electron chi connectivity index (χ0n) is 17.7. The highest BCUT2D eigenvalue weighted by Gasteiger charge is 2.16. The van der Waals surface area contributed by atoms with Gasteiger partial charge in [-0.25, -0.2) is 0 Å². The van der Waals surface area contributed by atoms with Crippen LogP contribution in [0.15, 0.2) is 53.9 Å². The quantitative estimate of drug-likeness (QED) is 0.530. The molecule has 0 saturated heterocycles. The van der Waals surface area contributed by atoms with E-state index in [-0.39, 0.29) is 23.6 Å². The number of thioether (sulfide) groups is 1. The molecule has 3 aromatic rings. The summed E-state index contributed by atoms with van der Waals surface area (Å²) in [7, 11) is 1.82. The molecule has 1 aromatic heterocycles. The van der Waals surface area contributed by atoms with Gasteiger partial charge in [0, 0.05) is 18.3 Å². The summed E-state index contributed by atoms with van der Waals surface area (Å²) in [6, 6.07) is 12.2. The summed E-state index contributed by atoms with van der Waals surface area (Å²) < 4.78 is 12.9. The molecule has 1 aliphatic heterocycles. The van der Waals surface area contributed by atoms with Crippen LogP contribution in [0.4, 0.5) is 5.69 Å². The van der Waals surface area contributed by atoms with Gasteiger partial charge in [0.1, 0.15) is 19.5 Å². The molecule has 166 valence electrons. The number of rotatable bonds is 7. The summed E-state index contributed by atoms with van der Waals surface area (Å²) in [4.78, 5) is 24.8. The van der Waals surface area contributed by atoms with Crippen molar-refractivity contribution in [3.05, 3.63) is 59.9 Å². The molecular weight excluding hydrogens is 430 g/mol. The van der Waals surface area contributed by atoms with E-state index in [1.54, 1.807) is 35.2 Å². The number of carbonyl (C=O) groups is 2. The molecule has 2 N–H and O–H groups in total. The number of nitrogens with zero attached hydrogens (tertiary/aromatic N) is 3. The van der Waals surface area contributed by atoms with E-state index in [4.69, 9.17) is 9.47 Å². The van der Waals surface area contributed by atoms with Gasteiger partial charge in [-0.3, -0.25) is 9.59 Å². The topological polar surface area (TPSA) is 107 Å². The average molecular weight is 454 g/mol. The minimum absolute atomic E-state index is 0.164. The summed E-state index contributed by atoms with van der Waals surface area (Å²) in [5.41, 5.74) is 2.04. The molecule has 2 heterocycles. The summed E-state index contributed by atoms with van der Waals surface area (Å²) in [5, 5.41) is 14.2. The third-order valence-electron chi connectivity index (χ3n) is 4.85. The van der Waals surface area contributed by atoms with E-state index < -0.39 is 0 Å². The Morgan fingerprint density at radius 1 is 1.12 bits per heavy atom. The third kappa shape index (κ3) is 5.20. The minimum Gasteiger partial charge on any atom is -0.486 e. The highest BCUT2D eigenvalue weighted by Crippen LogP contribution is 2.32. The number of aromatic nitrogens is 3. The molecule has 0 radical (unpaired) electrons. The number of amides is 2. The first-order chi connectivity index (χ1) is 15.5. The molecule has 0 saturated carbocycles. The summed E-state index contributed by atoms with van der Waals surface area (Å²) in [6.07, 6.45) is 1.58. The van der Waals surface area contributed by atoms with Crippen LogP contribution in [0.3, 0.4) is 0 Å². The van der Waals surface area contributed by atoms with Crippen molar-refractivity contribution in [3.8, 4) is 11.5 Å². The second-order valence-corrected chi connectivity index (χ2v) is 8.18. The summed E-state index contributed by atoms with van der Waals surface area (Å²) in [6.45, 7) is 2.96. The zero-order valence-corrected chi connectivity index (χ0v) is 18.5. The summed E-state index contributed by atoms with van der Waals surface area (Å²) in [5.74, 6) is 1.24. The molecule has 4 rings (SSSR count). The molecular formula is C22H23N5O4S. The van der Waals surface area contributed by atoms with Gasteiger partial charge in [0.2, 0.25) is 5.91 Å². The number of fused-ring (bicyclic) bond motifs is 1. The molecule has 2 aromatic carbocycles. The predicted octanol–water partition coefficient (Wildman–Crippen LogP) is 2.81. The van der Waals surface area contributed by atoms with Gasteiger partial charge in [-0.1, -0.05) is 17.8 Å².